The fraction of sp³-hybridized carbons (Fsp3) is 0.250. The predicted molar refractivity (Wildman–Crippen MR) is 76.2 cm³/mol. The molecule has 0 aliphatic carbocycles. The van der Waals surface area contributed by atoms with Crippen molar-refractivity contribution >= 4 is 33.5 Å². The van der Waals surface area contributed by atoms with Crippen molar-refractivity contribution in [3.05, 3.63) is 35.7 Å². The summed E-state index contributed by atoms with van der Waals surface area (Å²) in [6.07, 6.45) is 0.718. The first-order valence-electron chi connectivity index (χ1n) is 5.57. The number of hydrogen-bond acceptors (Lipinski definition) is 5. The monoisotopic (exact) mass is 307 g/mol. The number of nitrogens with one attached hydrogen (secondary N) is 1. The highest BCUT2D eigenvalue weighted by atomic mass is 79.9. The van der Waals surface area contributed by atoms with Crippen molar-refractivity contribution in [3.63, 3.8) is 0 Å². The number of nitrogen functional groups attached to an aromatic ring is 1. The van der Waals surface area contributed by atoms with Crippen LogP contribution in [0.4, 0.5) is 17.6 Å². The number of anilines is 3. The van der Waals surface area contributed by atoms with Gasteiger partial charge >= 0.3 is 0 Å². The van der Waals surface area contributed by atoms with Gasteiger partial charge in [0.1, 0.15) is 5.82 Å². The number of rotatable bonds is 4. The van der Waals surface area contributed by atoms with Gasteiger partial charge in [-0.2, -0.15) is 15.0 Å². The SMILES string of the molecule is Cc1ccc(Nc2nc(N)nc(CCBr)n2)cc1. The Hall–Kier alpha value is -1.69. The van der Waals surface area contributed by atoms with Crippen LogP contribution in [0.1, 0.15) is 11.4 Å². The largest absolute Gasteiger partial charge is 0.368 e. The van der Waals surface area contributed by atoms with Crippen LogP contribution >= 0.6 is 15.9 Å². The van der Waals surface area contributed by atoms with Gasteiger partial charge in [-0.3, -0.25) is 0 Å². The van der Waals surface area contributed by atoms with E-state index in [9.17, 15) is 0 Å². The summed E-state index contributed by atoms with van der Waals surface area (Å²) in [6, 6.07) is 7.98. The summed E-state index contributed by atoms with van der Waals surface area (Å²) in [5.74, 6) is 1.38. The van der Waals surface area contributed by atoms with Crippen LogP contribution in [0.15, 0.2) is 24.3 Å². The molecule has 0 aliphatic heterocycles. The highest BCUT2D eigenvalue weighted by Gasteiger charge is 2.04. The van der Waals surface area contributed by atoms with Gasteiger partial charge < -0.3 is 11.1 Å². The molecule has 0 radical (unpaired) electrons. The lowest BCUT2D eigenvalue weighted by Gasteiger charge is -2.07. The minimum atomic E-state index is 0.232. The second-order valence-corrected chi connectivity index (χ2v) is 4.66. The van der Waals surface area contributed by atoms with Gasteiger partial charge in [-0.25, -0.2) is 0 Å². The van der Waals surface area contributed by atoms with Crippen molar-refractivity contribution < 1.29 is 0 Å². The number of benzene rings is 1. The quantitative estimate of drug-likeness (QED) is 0.848. The Bertz CT molecular complexity index is 526. The number of nitrogens with zero attached hydrogens (tertiary/aromatic N) is 3. The molecule has 1 aromatic carbocycles. The fourth-order valence-corrected chi connectivity index (χ4v) is 1.81. The lowest BCUT2D eigenvalue weighted by atomic mass is 10.2. The van der Waals surface area contributed by atoms with E-state index in [1.807, 2.05) is 31.2 Å². The molecule has 0 fully saturated rings. The summed E-state index contributed by atoms with van der Waals surface area (Å²) in [5.41, 5.74) is 7.78. The summed E-state index contributed by atoms with van der Waals surface area (Å²) in [6.45, 7) is 2.04. The second kappa shape index (κ2) is 5.77. The van der Waals surface area contributed by atoms with Gasteiger partial charge in [0.25, 0.3) is 0 Å². The number of nitrogens with two attached hydrogens (primary N) is 1. The third kappa shape index (κ3) is 3.40. The lowest BCUT2D eigenvalue weighted by Crippen LogP contribution is -2.07. The van der Waals surface area contributed by atoms with Crippen molar-refractivity contribution in [1.82, 2.24) is 15.0 Å². The zero-order chi connectivity index (χ0) is 13.0. The number of alkyl halides is 1. The van der Waals surface area contributed by atoms with E-state index in [-0.39, 0.29) is 5.95 Å². The molecule has 0 saturated heterocycles. The molecule has 0 atom stereocenters. The van der Waals surface area contributed by atoms with Crippen LogP contribution in [-0.4, -0.2) is 20.3 Å². The first-order chi connectivity index (χ1) is 8.67. The van der Waals surface area contributed by atoms with Gasteiger partial charge in [0.2, 0.25) is 11.9 Å². The van der Waals surface area contributed by atoms with E-state index < -0.39 is 0 Å². The smallest absolute Gasteiger partial charge is 0.232 e. The molecule has 0 aliphatic rings. The molecule has 0 saturated carbocycles. The molecule has 1 heterocycles. The van der Waals surface area contributed by atoms with Crippen LogP contribution in [0, 0.1) is 6.92 Å². The van der Waals surface area contributed by atoms with Crippen molar-refractivity contribution in [2.45, 2.75) is 13.3 Å². The molecule has 6 heteroatoms. The molecular formula is C12H14BrN5. The molecule has 2 rings (SSSR count). The average molecular weight is 308 g/mol. The van der Waals surface area contributed by atoms with E-state index in [0.717, 1.165) is 17.4 Å². The molecule has 0 bridgehead atoms. The van der Waals surface area contributed by atoms with Crippen molar-refractivity contribution in [2.24, 2.45) is 0 Å². The Morgan fingerprint density at radius 3 is 2.56 bits per heavy atom. The van der Waals surface area contributed by atoms with Gasteiger partial charge in [-0.15, -0.1) is 0 Å². The predicted octanol–water partition coefficient (Wildman–Crippen LogP) is 2.44. The molecule has 2 aromatic rings. The maximum atomic E-state index is 5.65. The van der Waals surface area contributed by atoms with E-state index in [2.05, 4.69) is 36.2 Å². The molecule has 94 valence electrons. The normalized spacial score (nSPS) is 10.3. The van der Waals surface area contributed by atoms with Gasteiger partial charge in [-0.05, 0) is 19.1 Å². The zero-order valence-electron chi connectivity index (χ0n) is 10.0. The van der Waals surface area contributed by atoms with Gasteiger partial charge in [0, 0.05) is 17.4 Å². The Labute approximate surface area is 114 Å². The number of hydrogen-bond donors (Lipinski definition) is 2. The third-order valence-electron chi connectivity index (χ3n) is 2.32. The summed E-state index contributed by atoms with van der Waals surface area (Å²) in [4.78, 5) is 12.4. The molecule has 1 aromatic heterocycles. The van der Waals surface area contributed by atoms with Crippen LogP contribution in [0.2, 0.25) is 0 Å². The maximum absolute atomic E-state index is 5.65. The molecule has 3 N–H and O–H groups in total. The molecule has 5 nitrogen and oxygen atoms in total. The Morgan fingerprint density at radius 2 is 1.89 bits per heavy atom. The van der Waals surface area contributed by atoms with E-state index in [1.165, 1.54) is 5.56 Å². The minimum Gasteiger partial charge on any atom is -0.368 e. The summed E-state index contributed by atoms with van der Waals surface area (Å²) in [5, 5.41) is 3.91. The number of aryl methyl sites for hydroxylation is 2. The van der Waals surface area contributed by atoms with Crippen molar-refractivity contribution in [3.8, 4) is 0 Å². The van der Waals surface area contributed by atoms with Crippen LogP contribution < -0.4 is 11.1 Å². The zero-order valence-corrected chi connectivity index (χ0v) is 11.6. The van der Waals surface area contributed by atoms with E-state index in [0.29, 0.717) is 11.8 Å². The molecular weight excluding hydrogens is 294 g/mol. The maximum Gasteiger partial charge on any atom is 0.232 e. The van der Waals surface area contributed by atoms with Gasteiger partial charge in [-0.1, -0.05) is 33.6 Å². The van der Waals surface area contributed by atoms with Crippen LogP contribution in [0.3, 0.4) is 0 Å². The van der Waals surface area contributed by atoms with E-state index in [1.54, 1.807) is 0 Å². The topological polar surface area (TPSA) is 76.7 Å². The highest BCUT2D eigenvalue weighted by molar-refractivity contribution is 9.09. The Balaban J connectivity index is 2.20. The van der Waals surface area contributed by atoms with Crippen molar-refractivity contribution in [2.75, 3.05) is 16.4 Å². The summed E-state index contributed by atoms with van der Waals surface area (Å²) in [7, 11) is 0. The van der Waals surface area contributed by atoms with Crippen LogP contribution in [0.25, 0.3) is 0 Å². The second-order valence-electron chi connectivity index (χ2n) is 3.86. The Morgan fingerprint density at radius 1 is 1.17 bits per heavy atom. The molecule has 18 heavy (non-hydrogen) atoms. The molecule has 0 unspecified atom stereocenters. The number of aromatic nitrogens is 3. The Kier molecular flexibility index (Phi) is 4.09. The standard InChI is InChI=1S/C12H14BrN5/c1-8-2-4-9(5-3-8)15-12-17-10(6-7-13)16-11(14)18-12/h2-5H,6-7H2,1H3,(H3,14,15,16,17,18). The first kappa shape index (κ1) is 12.8. The molecule has 0 spiro atoms. The average Bonchev–Trinajstić information content (AvgIpc) is 2.32. The van der Waals surface area contributed by atoms with Crippen LogP contribution in [0.5, 0.6) is 0 Å². The van der Waals surface area contributed by atoms with Gasteiger partial charge in [0.15, 0.2) is 0 Å². The third-order valence-corrected chi connectivity index (χ3v) is 2.72. The lowest BCUT2D eigenvalue weighted by molar-refractivity contribution is 0.922. The number of halogens is 1. The molecule has 0 amide bonds. The first-order valence-corrected chi connectivity index (χ1v) is 6.69. The van der Waals surface area contributed by atoms with Gasteiger partial charge in [0.05, 0.1) is 0 Å². The highest BCUT2D eigenvalue weighted by Crippen LogP contribution is 2.14. The van der Waals surface area contributed by atoms with E-state index in [4.69, 9.17) is 5.73 Å². The summed E-state index contributed by atoms with van der Waals surface area (Å²) >= 11 is 3.35. The fourth-order valence-electron chi connectivity index (χ4n) is 1.46. The summed E-state index contributed by atoms with van der Waals surface area (Å²) < 4.78 is 0. The van der Waals surface area contributed by atoms with E-state index >= 15 is 0 Å². The van der Waals surface area contributed by atoms with Crippen molar-refractivity contribution in [1.29, 1.82) is 0 Å². The minimum absolute atomic E-state index is 0.232. The van der Waals surface area contributed by atoms with Crippen LogP contribution in [-0.2, 0) is 6.42 Å².